The molecule has 1 N–H and O–H groups in total. The lowest BCUT2D eigenvalue weighted by atomic mass is 9.86. The van der Waals surface area contributed by atoms with Gasteiger partial charge in [-0.15, -0.1) is 0 Å². The summed E-state index contributed by atoms with van der Waals surface area (Å²) >= 11 is 0. The summed E-state index contributed by atoms with van der Waals surface area (Å²) in [6.07, 6.45) is 2.08. The van der Waals surface area contributed by atoms with Crippen LogP contribution in [0.15, 0.2) is 24.3 Å². The van der Waals surface area contributed by atoms with Crippen molar-refractivity contribution in [2.75, 3.05) is 5.32 Å². The number of hydrogen-bond acceptors (Lipinski definition) is 3. The summed E-state index contributed by atoms with van der Waals surface area (Å²) in [4.78, 5) is 25.0. The Morgan fingerprint density at radius 1 is 1.04 bits per heavy atom. The number of carbonyl (C=O) groups is 2. The van der Waals surface area contributed by atoms with Gasteiger partial charge in [0.05, 0.1) is 6.54 Å². The molecule has 1 aromatic rings. The smallest absolute Gasteiger partial charge is 0.241 e. The number of rotatable bonds is 5. The van der Waals surface area contributed by atoms with Gasteiger partial charge in [-0.1, -0.05) is 18.6 Å². The second-order valence-electron chi connectivity index (χ2n) is 7.03. The molecule has 2 unspecified atom stereocenters. The number of piperidine rings is 1. The fourth-order valence-corrected chi connectivity index (χ4v) is 3.69. The zero-order valence-corrected chi connectivity index (χ0v) is 14.2. The predicted molar refractivity (Wildman–Crippen MR) is 91.2 cm³/mol. The molecule has 136 valence electrons. The van der Waals surface area contributed by atoms with Crippen LogP contribution in [0.5, 0.6) is 0 Å². The normalized spacial score (nSPS) is 24.7. The minimum Gasteiger partial charge on any atom is -0.382 e. The SMILES string of the molecule is O=C1CCCC(=O)N1Cc1ccc(NC2CCCC(C(F)F)C2)cc1. The van der Waals surface area contributed by atoms with Crippen molar-refractivity contribution < 1.29 is 18.4 Å². The fourth-order valence-electron chi connectivity index (χ4n) is 3.69. The Bertz CT molecular complexity index is 602. The van der Waals surface area contributed by atoms with Crippen LogP contribution in [0.4, 0.5) is 14.5 Å². The Morgan fingerprint density at radius 2 is 1.72 bits per heavy atom. The van der Waals surface area contributed by atoms with Crippen LogP contribution < -0.4 is 5.32 Å². The van der Waals surface area contributed by atoms with E-state index < -0.39 is 12.3 Å². The van der Waals surface area contributed by atoms with Crippen LogP contribution in [0.1, 0.15) is 50.5 Å². The number of likely N-dealkylation sites (tertiary alicyclic amines) is 1. The van der Waals surface area contributed by atoms with Gasteiger partial charge in [0.15, 0.2) is 0 Å². The van der Waals surface area contributed by atoms with Gasteiger partial charge in [-0.3, -0.25) is 14.5 Å². The number of carbonyl (C=O) groups excluding carboxylic acids is 2. The molecule has 1 aromatic carbocycles. The lowest BCUT2D eigenvalue weighted by Gasteiger charge is -2.30. The van der Waals surface area contributed by atoms with Gasteiger partial charge in [-0.05, 0) is 43.4 Å². The third kappa shape index (κ3) is 4.55. The number of nitrogens with zero attached hydrogens (tertiary/aromatic N) is 1. The minimum atomic E-state index is -2.24. The average molecular weight is 350 g/mol. The highest BCUT2D eigenvalue weighted by Gasteiger charge is 2.28. The van der Waals surface area contributed by atoms with Gasteiger partial charge in [0.2, 0.25) is 18.2 Å². The van der Waals surface area contributed by atoms with E-state index in [0.29, 0.717) is 38.6 Å². The third-order valence-electron chi connectivity index (χ3n) is 5.12. The molecule has 2 amide bonds. The Labute approximate surface area is 146 Å². The van der Waals surface area contributed by atoms with Crippen LogP contribution in [0.25, 0.3) is 0 Å². The van der Waals surface area contributed by atoms with Gasteiger partial charge in [0, 0.05) is 30.5 Å². The van der Waals surface area contributed by atoms with Crippen LogP contribution in [-0.4, -0.2) is 29.2 Å². The van der Waals surface area contributed by atoms with Gasteiger partial charge in [0.25, 0.3) is 0 Å². The molecule has 1 heterocycles. The summed E-state index contributed by atoms with van der Waals surface area (Å²) in [5, 5.41) is 3.33. The van der Waals surface area contributed by atoms with E-state index in [1.165, 1.54) is 4.90 Å². The minimum absolute atomic E-state index is 0.0730. The molecule has 25 heavy (non-hydrogen) atoms. The van der Waals surface area contributed by atoms with E-state index in [4.69, 9.17) is 0 Å². The Morgan fingerprint density at radius 3 is 2.36 bits per heavy atom. The summed E-state index contributed by atoms with van der Waals surface area (Å²) in [6, 6.07) is 7.61. The molecule has 0 bridgehead atoms. The van der Waals surface area contributed by atoms with E-state index in [0.717, 1.165) is 24.1 Å². The van der Waals surface area contributed by atoms with Crippen molar-refractivity contribution >= 4 is 17.5 Å². The number of nitrogens with one attached hydrogen (secondary N) is 1. The molecule has 1 aliphatic heterocycles. The fraction of sp³-hybridized carbons (Fsp3) is 0.579. The molecule has 6 heteroatoms. The van der Waals surface area contributed by atoms with Crippen LogP contribution in [-0.2, 0) is 16.1 Å². The van der Waals surface area contributed by atoms with E-state index in [9.17, 15) is 18.4 Å². The highest BCUT2D eigenvalue weighted by Crippen LogP contribution is 2.31. The van der Waals surface area contributed by atoms with Crippen molar-refractivity contribution in [3.05, 3.63) is 29.8 Å². The van der Waals surface area contributed by atoms with Crippen molar-refractivity contribution in [2.45, 2.75) is 64.0 Å². The van der Waals surface area contributed by atoms with E-state index in [-0.39, 0.29) is 17.9 Å². The largest absolute Gasteiger partial charge is 0.382 e. The first-order valence-corrected chi connectivity index (χ1v) is 9.00. The molecule has 0 aromatic heterocycles. The maximum Gasteiger partial charge on any atom is 0.241 e. The van der Waals surface area contributed by atoms with E-state index in [1.807, 2.05) is 24.3 Å². The lowest BCUT2D eigenvalue weighted by Crippen LogP contribution is -2.39. The predicted octanol–water partition coefficient (Wildman–Crippen LogP) is 3.96. The third-order valence-corrected chi connectivity index (χ3v) is 5.12. The monoisotopic (exact) mass is 350 g/mol. The summed E-state index contributed by atoms with van der Waals surface area (Å²) in [5.74, 6) is -0.737. The molecule has 3 rings (SSSR count). The lowest BCUT2D eigenvalue weighted by molar-refractivity contribution is -0.148. The molecule has 1 saturated heterocycles. The quantitative estimate of drug-likeness (QED) is 0.818. The van der Waals surface area contributed by atoms with E-state index in [2.05, 4.69) is 5.32 Å². The van der Waals surface area contributed by atoms with Gasteiger partial charge in [-0.2, -0.15) is 0 Å². The van der Waals surface area contributed by atoms with Crippen LogP contribution >= 0.6 is 0 Å². The van der Waals surface area contributed by atoms with E-state index in [1.54, 1.807) is 0 Å². The number of anilines is 1. The van der Waals surface area contributed by atoms with Gasteiger partial charge >= 0.3 is 0 Å². The zero-order valence-electron chi connectivity index (χ0n) is 14.2. The summed E-state index contributed by atoms with van der Waals surface area (Å²) in [5.41, 5.74) is 1.78. The van der Waals surface area contributed by atoms with Gasteiger partial charge in [0.1, 0.15) is 0 Å². The van der Waals surface area contributed by atoms with Crippen LogP contribution in [0, 0.1) is 5.92 Å². The van der Waals surface area contributed by atoms with Gasteiger partial charge in [-0.25, -0.2) is 8.78 Å². The highest BCUT2D eigenvalue weighted by atomic mass is 19.3. The average Bonchev–Trinajstić information content (AvgIpc) is 2.60. The molecular weight excluding hydrogens is 326 g/mol. The van der Waals surface area contributed by atoms with Gasteiger partial charge < -0.3 is 5.32 Å². The zero-order chi connectivity index (χ0) is 17.8. The van der Waals surface area contributed by atoms with Crippen molar-refractivity contribution in [3.8, 4) is 0 Å². The maximum absolute atomic E-state index is 12.9. The number of benzene rings is 1. The maximum atomic E-state index is 12.9. The summed E-state index contributed by atoms with van der Waals surface area (Å²) in [6.45, 7) is 0.300. The first-order valence-electron chi connectivity index (χ1n) is 9.00. The molecule has 1 aliphatic carbocycles. The molecule has 0 spiro atoms. The second-order valence-corrected chi connectivity index (χ2v) is 7.03. The number of amides is 2. The molecule has 2 aliphatic rings. The van der Waals surface area contributed by atoms with Crippen molar-refractivity contribution in [1.82, 2.24) is 4.90 Å². The van der Waals surface area contributed by atoms with Crippen LogP contribution in [0.2, 0.25) is 0 Å². The topological polar surface area (TPSA) is 49.4 Å². The summed E-state index contributed by atoms with van der Waals surface area (Å²) in [7, 11) is 0. The standard InChI is InChI=1S/C19H24F2N2O2/c20-19(21)14-3-1-4-16(11-14)22-15-9-7-13(8-10-15)12-23-17(24)5-2-6-18(23)25/h7-10,14,16,19,22H,1-6,11-12H2. The summed E-state index contributed by atoms with van der Waals surface area (Å²) < 4.78 is 25.8. The molecule has 0 radical (unpaired) electrons. The molecule has 2 fully saturated rings. The number of imide groups is 1. The molecule has 4 nitrogen and oxygen atoms in total. The van der Waals surface area contributed by atoms with Crippen molar-refractivity contribution in [2.24, 2.45) is 5.92 Å². The Hall–Kier alpha value is -1.98. The highest BCUT2D eigenvalue weighted by molar-refractivity contribution is 5.97. The Kier molecular flexibility index (Phi) is 5.66. The molecular formula is C19H24F2N2O2. The number of halogens is 2. The first-order chi connectivity index (χ1) is 12.0. The molecule has 2 atom stereocenters. The number of alkyl halides is 2. The van der Waals surface area contributed by atoms with Crippen molar-refractivity contribution in [1.29, 1.82) is 0 Å². The Balaban J connectivity index is 1.57. The second kappa shape index (κ2) is 7.93. The van der Waals surface area contributed by atoms with Crippen molar-refractivity contribution in [3.63, 3.8) is 0 Å². The molecule has 1 saturated carbocycles. The van der Waals surface area contributed by atoms with E-state index >= 15 is 0 Å². The number of hydrogen-bond donors (Lipinski definition) is 1. The van der Waals surface area contributed by atoms with Crippen LogP contribution in [0.3, 0.4) is 0 Å². The first kappa shape index (κ1) is 17.8.